The molecule has 0 aromatic heterocycles. The van der Waals surface area contributed by atoms with Crippen LogP contribution in [-0.4, -0.2) is 26.4 Å². The van der Waals surface area contributed by atoms with E-state index in [-0.39, 0.29) is 12.0 Å². The zero-order chi connectivity index (χ0) is 8.85. The molecule has 0 fully saturated rings. The van der Waals surface area contributed by atoms with E-state index in [1.54, 1.807) is 20.4 Å². The molecule has 11 heavy (non-hydrogen) atoms. The van der Waals surface area contributed by atoms with Gasteiger partial charge in [0.05, 0.1) is 18.8 Å². The lowest BCUT2D eigenvalue weighted by atomic mass is 10.0. The van der Waals surface area contributed by atoms with Crippen LogP contribution in [0.3, 0.4) is 0 Å². The first-order valence-electron chi connectivity index (χ1n) is 3.54. The summed E-state index contributed by atoms with van der Waals surface area (Å²) in [6.45, 7) is 5.62. The summed E-state index contributed by atoms with van der Waals surface area (Å²) in [4.78, 5) is 3.88. The van der Waals surface area contributed by atoms with E-state index in [4.69, 9.17) is 10.5 Å². The highest BCUT2D eigenvalue weighted by molar-refractivity contribution is 5.64. The topological polar surface area (TPSA) is 47.6 Å². The van der Waals surface area contributed by atoms with Crippen LogP contribution in [0.1, 0.15) is 6.92 Å². The number of nitrogens with zero attached hydrogens (tertiary/aromatic N) is 1. The van der Waals surface area contributed by atoms with Crippen LogP contribution >= 0.6 is 0 Å². The van der Waals surface area contributed by atoms with Crippen molar-refractivity contribution >= 4 is 6.21 Å². The quantitative estimate of drug-likeness (QED) is 0.483. The van der Waals surface area contributed by atoms with E-state index in [9.17, 15) is 0 Å². The third-order valence-electron chi connectivity index (χ3n) is 1.51. The maximum Gasteiger partial charge on any atom is 0.0983 e. The minimum Gasteiger partial charge on any atom is -0.501 e. The molecule has 2 unspecified atom stereocenters. The molecule has 0 saturated heterocycles. The summed E-state index contributed by atoms with van der Waals surface area (Å²) < 4.78 is 4.96. The summed E-state index contributed by atoms with van der Waals surface area (Å²) in [5, 5.41) is 0. The fourth-order valence-electron chi connectivity index (χ4n) is 0.809. The first-order valence-corrected chi connectivity index (χ1v) is 3.54. The van der Waals surface area contributed by atoms with Gasteiger partial charge in [-0.15, -0.1) is 0 Å². The van der Waals surface area contributed by atoms with Crippen molar-refractivity contribution in [3.63, 3.8) is 0 Å². The molecule has 0 aliphatic rings. The number of methoxy groups -OCH3 is 1. The Morgan fingerprint density at radius 2 is 2.27 bits per heavy atom. The van der Waals surface area contributed by atoms with E-state index in [0.717, 1.165) is 0 Å². The van der Waals surface area contributed by atoms with E-state index in [1.807, 2.05) is 6.92 Å². The zero-order valence-corrected chi connectivity index (χ0v) is 7.37. The number of nitrogens with two attached hydrogens (primary N) is 1. The van der Waals surface area contributed by atoms with Gasteiger partial charge in [0.25, 0.3) is 0 Å². The Morgan fingerprint density at radius 1 is 1.73 bits per heavy atom. The summed E-state index contributed by atoms with van der Waals surface area (Å²) in [6.07, 6.45) is 1.75. The van der Waals surface area contributed by atoms with Crippen molar-refractivity contribution in [3.05, 3.63) is 12.3 Å². The lowest BCUT2D eigenvalue weighted by molar-refractivity contribution is 0.257. The first kappa shape index (κ1) is 10.2. The van der Waals surface area contributed by atoms with Gasteiger partial charge in [-0.05, 0) is 6.92 Å². The fraction of sp³-hybridized carbons (Fsp3) is 0.625. The number of rotatable bonds is 4. The second kappa shape index (κ2) is 4.91. The number of ether oxygens (including phenoxy) is 1. The average Bonchev–Trinajstić information content (AvgIpc) is 1.98. The largest absolute Gasteiger partial charge is 0.501 e. The van der Waals surface area contributed by atoms with Crippen molar-refractivity contribution in [2.24, 2.45) is 16.6 Å². The summed E-state index contributed by atoms with van der Waals surface area (Å²) in [5.41, 5.74) is 5.67. The Hall–Kier alpha value is -0.830. The van der Waals surface area contributed by atoms with Crippen molar-refractivity contribution in [1.82, 2.24) is 0 Å². The molecule has 0 amide bonds. The highest BCUT2D eigenvalue weighted by Gasteiger charge is 2.14. The molecule has 3 heteroatoms. The van der Waals surface area contributed by atoms with Crippen LogP contribution in [0.5, 0.6) is 0 Å². The lowest BCUT2D eigenvalue weighted by Crippen LogP contribution is -2.29. The molecule has 0 aromatic rings. The summed E-state index contributed by atoms with van der Waals surface area (Å²) in [7, 11) is 3.29. The minimum absolute atomic E-state index is 0.00819. The molecule has 2 atom stereocenters. The Balaban J connectivity index is 4.21. The first-order chi connectivity index (χ1) is 5.13. The van der Waals surface area contributed by atoms with Crippen LogP contribution in [0, 0.1) is 5.92 Å². The predicted molar refractivity (Wildman–Crippen MR) is 47.7 cm³/mol. The van der Waals surface area contributed by atoms with E-state index in [1.165, 1.54) is 0 Å². The average molecular weight is 156 g/mol. The Bertz CT molecular complexity index is 152. The molecule has 0 aliphatic heterocycles. The van der Waals surface area contributed by atoms with Crippen molar-refractivity contribution in [3.8, 4) is 0 Å². The van der Waals surface area contributed by atoms with Crippen LogP contribution in [0.4, 0.5) is 0 Å². The number of hydrogen-bond acceptors (Lipinski definition) is 3. The third-order valence-corrected chi connectivity index (χ3v) is 1.51. The summed E-state index contributed by atoms with van der Waals surface area (Å²) in [6, 6.07) is -0.00819. The van der Waals surface area contributed by atoms with Gasteiger partial charge in [-0.3, -0.25) is 0 Å². The second-order valence-corrected chi connectivity index (χ2v) is 2.46. The maximum atomic E-state index is 5.67. The number of hydrogen-bond donors (Lipinski definition) is 1. The highest BCUT2D eigenvalue weighted by Crippen LogP contribution is 2.10. The van der Waals surface area contributed by atoms with Crippen molar-refractivity contribution in [2.45, 2.75) is 13.0 Å². The van der Waals surface area contributed by atoms with E-state index < -0.39 is 0 Å². The molecule has 0 aliphatic carbocycles. The minimum atomic E-state index is -0.00819. The third kappa shape index (κ3) is 3.18. The molecule has 0 saturated carbocycles. The van der Waals surface area contributed by atoms with Gasteiger partial charge in [0.1, 0.15) is 0 Å². The SMILES string of the molecule is C=C(OC)C(C=NC)C(C)N. The molecule has 0 spiro atoms. The molecule has 3 nitrogen and oxygen atoms in total. The summed E-state index contributed by atoms with van der Waals surface area (Å²) in [5.74, 6) is 0.676. The predicted octanol–water partition coefficient (Wildman–Crippen LogP) is 0.810. The fourth-order valence-corrected chi connectivity index (χ4v) is 0.809. The maximum absolute atomic E-state index is 5.67. The van der Waals surface area contributed by atoms with Gasteiger partial charge in [-0.2, -0.15) is 0 Å². The molecule has 2 N–H and O–H groups in total. The van der Waals surface area contributed by atoms with Gasteiger partial charge < -0.3 is 15.5 Å². The highest BCUT2D eigenvalue weighted by atomic mass is 16.5. The summed E-state index contributed by atoms with van der Waals surface area (Å²) >= 11 is 0. The standard InChI is InChI=1S/C8H16N2O/c1-6(9)8(5-10-3)7(2)11-4/h5-6,8H,2,9H2,1,3-4H3. The molecule has 0 aromatic carbocycles. The van der Waals surface area contributed by atoms with E-state index in [2.05, 4.69) is 11.6 Å². The normalized spacial score (nSPS) is 16.4. The van der Waals surface area contributed by atoms with E-state index >= 15 is 0 Å². The lowest BCUT2D eigenvalue weighted by Gasteiger charge is -2.17. The molecule has 0 heterocycles. The van der Waals surface area contributed by atoms with Crippen LogP contribution in [0.15, 0.2) is 17.3 Å². The molecule has 0 radical (unpaired) electrons. The zero-order valence-electron chi connectivity index (χ0n) is 7.37. The van der Waals surface area contributed by atoms with Crippen LogP contribution in [0.25, 0.3) is 0 Å². The van der Waals surface area contributed by atoms with Crippen LogP contribution in [-0.2, 0) is 4.74 Å². The van der Waals surface area contributed by atoms with Gasteiger partial charge in [0, 0.05) is 19.3 Å². The number of aliphatic imine (C=N–C) groups is 1. The second-order valence-electron chi connectivity index (χ2n) is 2.46. The van der Waals surface area contributed by atoms with Crippen molar-refractivity contribution < 1.29 is 4.74 Å². The molecular formula is C8H16N2O. The van der Waals surface area contributed by atoms with Crippen molar-refractivity contribution in [2.75, 3.05) is 14.2 Å². The van der Waals surface area contributed by atoms with Crippen LogP contribution < -0.4 is 5.73 Å². The van der Waals surface area contributed by atoms with Gasteiger partial charge in [-0.1, -0.05) is 6.58 Å². The Morgan fingerprint density at radius 3 is 2.55 bits per heavy atom. The molecule has 0 bridgehead atoms. The van der Waals surface area contributed by atoms with Gasteiger partial charge in [0.2, 0.25) is 0 Å². The Labute approximate surface area is 68.0 Å². The van der Waals surface area contributed by atoms with Crippen LogP contribution in [0.2, 0.25) is 0 Å². The van der Waals surface area contributed by atoms with Gasteiger partial charge in [-0.25, -0.2) is 0 Å². The van der Waals surface area contributed by atoms with Gasteiger partial charge >= 0.3 is 0 Å². The molecule has 64 valence electrons. The van der Waals surface area contributed by atoms with E-state index in [0.29, 0.717) is 5.76 Å². The smallest absolute Gasteiger partial charge is 0.0983 e. The monoisotopic (exact) mass is 156 g/mol. The van der Waals surface area contributed by atoms with Gasteiger partial charge in [0.15, 0.2) is 0 Å². The molecule has 0 rings (SSSR count). The van der Waals surface area contributed by atoms with Crippen molar-refractivity contribution in [1.29, 1.82) is 0 Å². The molecular weight excluding hydrogens is 140 g/mol. The Kier molecular flexibility index (Phi) is 4.54.